The second-order valence-electron chi connectivity index (χ2n) is 4.86. The van der Waals surface area contributed by atoms with Gasteiger partial charge in [-0.3, -0.25) is 28.8 Å². The molecule has 21 heavy (non-hydrogen) atoms. The molecule has 114 valence electrons. The van der Waals surface area contributed by atoms with Gasteiger partial charge in [-0.25, -0.2) is 4.79 Å². The van der Waals surface area contributed by atoms with E-state index >= 15 is 0 Å². The van der Waals surface area contributed by atoms with E-state index in [0.717, 1.165) is 4.90 Å². The lowest BCUT2D eigenvalue weighted by molar-refractivity contribution is -0.136. The number of hydrogen-bond donors (Lipinski definition) is 3. The van der Waals surface area contributed by atoms with Gasteiger partial charge in [0.1, 0.15) is 17.5 Å². The second kappa shape index (κ2) is 5.43. The Morgan fingerprint density at radius 2 is 2.00 bits per heavy atom. The topological polar surface area (TPSA) is 130 Å². The zero-order chi connectivity index (χ0) is 15.7. The molecule has 0 bridgehead atoms. The Hall–Kier alpha value is -2.58. The van der Waals surface area contributed by atoms with Crippen LogP contribution in [-0.4, -0.2) is 39.4 Å². The van der Waals surface area contributed by atoms with Gasteiger partial charge in [0.15, 0.2) is 0 Å². The van der Waals surface area contributed by atoms with Gasteiger partial charge in [-0.05, 0) is 6.42 Å². The molecule has 1 aromatic rings. The molecule has 1 saturated heterocycles. The van der Waals surface area contributed by atoms with Gasteiger partial charge < -0.3 is 11.1 Å². The quantitative estimate of drug-likeness (QED) is 0.592. The molecule has 0 spiro atoms. The normalized spacial score (nSPS) is 18.4. The Morgan fingerprint density at radius 3 is 2.52 bits per heavy atom. The van der Waals surface area contributed by atoms with Crippen LogP contribution in [0, 0.1) is 0 Å². The minimum absolute atomic E-state index is 0.0413. The van der Waals surface area contributed by atoms with Crippen LogP contribution in [0.3, 0.4) is 0 Å². The van der Waals surface area contributed by atoms with Crippen LogP contribution in [0.25, 0.3) is 0 Å². The first kappa shape index (κ1) is 14.8. The maximum absolute atomic E-state index is 11.9. The Morgan fingerprint density at radius 1 is 1.33 bits per heavy atom. The Labute approximate surface area is 119 Å². The van der Waals surface area contributed by atoms with E-state index in [4.69, 9.17) is 5.73 Å². The third-order valence-corrected chi connectivity index (χ3v) is 3.39. The van der Waals surface area contributed by atoms with E-state index in [1.165, 1.54) is 11.6 Å². The van der Waals surface area contributed by atoms with Crippen molar-refractivity contribution in [2.75, 3.05) is 18.1 Å². The van der Waals surface area contributed by atoms with Crippen LogP contribution in [0.2, 0.25) is 0 Å². The molecule has 9 heteroatoms. The SMILES string of the molecule is CCCn1c(N)c(NC2CC(=O)N(C)C2=O)c(=O)[nH]c1=O. The number of likely N-dealkylation sites (tertiary alicyclic amines) is 1. The molecular weight excluding hydrogens is 278 g/mol. The summed E-state index contributed by atoms with van der Waals surface area (Å²) < 4.78 is 1.22. The fourth-order valence-electron chi connectivity index (χ4n) is 2.22. The van der Waals surface area contributed by atoms with Crippen LogP contribution in [-0.2, 0) is 16.1 Å². The van der Waals surface area contributed by atoms with Gasteiger partial charge in [0, 0.05) is 13.6 Å². The minimum Gasteiger partial charge on any atom is -0.383 e. The van der Waals surface area contributed by atoms with Crippen LogP contribution in [0.4, 0.5) is 11.5 Å². The number of carbonyl (C=O) groups excluding carboxylic acids is 2. The molecule has 0 saturated carbocycles. The van der Waals surface area contributed by atoms with Gasteiger partial charge in [0.05, 0.1) is 6.42 Å². The molecule has 0 aromatic carbocycles. The number of nitrogen functional groups attached to an aromatic ring is 1. The summed E-state index contributed by atoms with van der Waals surface area (Å²) in [4.78, 5) is 50.0. The Kier molecular flexibility index (Phi) is 3.83. The molecule has 2 heterocycles. The number of aromatic amines is 1. The highest BCUT2D eigenvalue weighted by molar-refractivity contribution is 6.06. The molecule has 1 aromatic heterocycles. The standard InChI is InChI=1S/C12H17N5O4/c1-3-4-17-9(13)8(10(19)15-12(17)21)14-6-5-7(18)16(2)11(6)20/h6,14H,3-5,13H2,1-2H3,(H,15,19,21). The molecule has 9 nitrogen and oxygen atoms in total. The Balaban J connectivity index is 2.39. The Bertz CT molecular complexity index is 705. The number of anilines is 2. The number of rotatable bonds is 4. The van der Waals surface area contributed by atoms with Crippen molar-refractivity contribution in [3.8, 4) is 0 Å². The number of likely N-dealkylation sites (N-methyl/N-ethyl adjacent to an activating group) is 1. The molecule has 2 amide bonds. The number of nitrogens with two attached hydrogens (primary N) is 1. The van der Waals surface area contributed by atoms with Crippen molar-refractivity contribution in [3.63, 3.8) is 0 Å². The third-order valence-electron chi connectivity index (χ3n) is 3.39. The molecule has 0 radical (unpaired) electrons. The maximum atomic E-state index is 11.9. The van der Waals surface area contributed by atoms with Crippen molar-refractivity contribution in [1.82, 2.24) is 14.5 Å². The van der Waals surface area contributed by atoms with Crippen molar-refractivity contribution >= 4 is 23.3 Å². The molecule has 1 aliphatic rings. The van der Waals surface area contributed by atoms with E-state index in [0.29, 0.717) is 13.0 Å². The summed E-state index contributed by atoms with van der Waals surface area (Å²) in [6.45, 7) is 2.20. The fourth-order valence-corrected chi connectivity index (χ4v) is 2.22. The van der Waals surface area contributed by atoms with Gasteiger partial charge in [-0.2, -0.15) is 0 Å². The largest absolute Gasteiger partial charge is 0.383 e. The monoisotopic (exact) mass is 295 g/mol. The van der Waals surface area contributed by atoms with Crippen LogP contribution in [0.1, 0.15) is 19.8 Å². The summed E-state index contributed by atoms with van der Waals surface area (Å²) in [7, 11) is 1.37. The van der Waals surface area contributed by atoms with Gasteiger partial charge in [0.25, 0.3) is 11.5 Å². The average molecular weight is 295 g/mol. The lowest BCUT2D eigenvalue weighted by atomic mass is 10.2. The number of aromatic nitrogens is 2. The van der Waals surface area contributed by atoms with E-state index < -0.39 is 23.2 Å². The van der Waals surface area contributed by atoms with Crippen molar-refractivity contribution in [2.24, 2.45) is 0 Å². The van der Waals surface area contributed by atoms with Gasteiger partial charge >= 0.3 is 5.69 Å². The molecule has 1 aliphatic heterocycles. The van der Waals surface area contributed by atoms with Crippen LogP contribution in [0.5, 0.6) is 0 Å². The molecule has 2 rings (SSSR count). The maximum Gasteiger partial charge on any atom is 0.330 e. The number of nitrogens with zero attached hydrogens (tertiary/aromatic N) is 2. The number of nitrogens with one attached hydrogen (secondary N) is 2. The van der Waals surface area contributed by atoms with E-state index in [-0.39, 0.29) is 23.8 Å². The fraction of sp³-hybridized carbons (Fsp3) is 0.500. The molecule has 1 unspecified atom stereocenters. The van der Waals surface area contributed by atoms with Crippen molar-refractivity contribution in [3.05, 3.63) is 20.8 Å². The number of amides is 2. The molecule has 1 atom stereocenters. The highest BCUT2D eigenvalue weighted by atomic mass is 16.2. The molecule has 1 fully saturated rings. The third kappa shape index (κ3) is 2.54. The summed E-state index contributed by atoms with van der Waals surface area (Å²) in [5.41, 5.74) is 4.46. The zero-order valence-corrected chi connectivity index (χ0v) is 11.8. The predicted molar refractivity (Wildman–Crippen MR) is 75.8 cm³/mol. The highest BCUT2D eigenvalue weighted by Crippen LogP contribution is 2.18. The second-order valence-corrected chi connectivity index (χ2v) is 4.86. The summed E-state index contributed by atoms with van der Waals surface area (Å²) in [5.74, 6) is -0.818. The predicted octanol–water partition coefficient (Wildman–Crippen LogP) is -1.30. The summed E-state index contributed by atoms with van der Waals surface area (Å²) >= 11 is 0. The van der Waals surface area contributed by atoms with Crippen LogP contribution < -0.4 is 22.3 Å². The van der Waals surface area contributed by atoms with Crippen molar-refractivity contribution in [2.45, 2.75) is 32.4 Å². The van der Waals surface area contributed by atoms with Crippen LogP contribution in [0.15, 0.2) is 9.59 Å². The smallest absolute Gasteiger partial charge is 0.330 e. The van der Waals surface area contributed by atoms with Crippen molar-refractivity contribution < 1.29 is 9.59 Å². The van der Waals surface area contributed by atoms with E-state index in [1.54, 1.807) is 0 Å². The first-order valence-corrected chi connectivity index (χ1v) is 6.56. The van der Waals surface area contributed by atoms with Gasteiger partial charge in [-0.1, -0.05) is 6.92 Å². The first-order chi connectivity index (χ1) is 9.86. The van der Waals surface area contributed by atoms with Gasteiger partial charge in [-0.15, -0.1) is 0 Å². The first-order valence-electron chi connectivity index (χ1n) is 6.56. The molecule has 4 N–H and O–H groups in total. The number of hydrogen-bond acceptors (Lipinski definition) is 6. The molecule has 0 aliphatic carbocycles. The van der Waals surface area contributed by atoms with E-state index in [2.05, 4.69) is 10.3 Å². The van der Waals surface area contributed by atoms with Gasteiger partial charge in [0.2, 0.25) is 5.91 Å². The van der Waals surface area contributed by atoms with Crippen molar-refractivity contribution in [1.29, 1.82) is 0 Å². The van der Waals surface area contributed by atoms with E-state index in [1.807, 2.05) is 6.92 Å². The minimum atomic E-state index is -0.849. The van der Waals surface area contributed by atoms with E-state index in [9.17, 15) is 19.2 Å². The summed E-state index contributed by atoms with van der Waals surface area (Å²) in [6.07, 6.45) is 0.598. The number of carbonyl (C=O) groups is 2. The number of imide groups is 1. The summed E-state index contributed by atoms with van der Waals surface area (Å²) in [5, 5.41) is 2.67. The van der Waals surface area contributed by atoms with Crippen LogP contribution >= 0.6 is 0 Å². The average Bonchev–Trinajstić information content (AvgIpc) is 2.67. The lowest BCUT2D eigenvalue weighted by Crippen LogP contribution is -2.38. The number of H-pyrrole nitrogens is 1. The lowest BCUT2D eigenvalue weighted by Gasteiger charge is -2.16. The molecular formula is C12H17N5O4. The summed E-state index contributed by atoms with van der Waals surface area (Å²) in [6, 6.07) is -0.849. The zero-order valence-electron chi connectivity index (χ0n) is 11.8. The highest BCUT2D eigenvalue weighted by Gasteiger charge is 2.36.